The molecule has 1 heterocycles. The van der Waals surface area contributed by atoms with Crippen LogP contribution in [-0.2, 0) is 16.6 Å². The number of ketones is 1. The lowest BCUT2D eigenvalue weighted by atomic mass is 9.53. The van der Waals surface area contributed by atoms with Gasteiger partial charge in [-0.1, -0.05) is 56.6 Å². The number of carbonyl (C=O) groups is 1. The summed E-state index contributed by atoms with van der Waals surface area (Å²) in [6, 6.07) is 11.8. The number of Topliss-reactive ketones (excluding diaryl/α,β-unsaturated/α-hetero) is 1. The number of carbonyl (C=O) groups excluding carboxylic acids is 1. The molecule has 4 rings (SSSR count). The molecule has 1 aromatic heterocycles. The summed E-state index contributed by atoms with van der Waals surface area (Å²) in [5.41, 5.74) is 3.34. The molecule has 0 N–H and O–H groups in total. The normalized spacial score (nSPS) is 25.8. The van der Waals surface area contributed by atoms with Gasteiger partial charge in [0.15, 0.2) is 5.78 Å². The molecule has 3 nitrogen and oxygen atoms in total. The van der Waals surface area contributed by atoms with E-state index in [0.717, 1.165) is 29.8 Å². The largest absolute Gasteiger partial charge is 0.307 e. The maximum Gasteiger partial charge on any atom is 0.226 e. The first kappa shape index (κ1) is 17.9. The number of aryl methyl sites for hydroxylation is 1. The van der Waals surface area contributed by atoms with Gasteiger partial charge >= 0.3 is 0 Å². The monoisotopic (exact) mass is 376 g/mol. The molecule has 2 aromatic rings. The van der Waals surface area contributed by atoms with Crippen molar-refractivity contribution in [2.45, 2.75) is 39.0 Å². The summed E-state index contributed by atoms with van der Waals surface area (Å²) in [5, 5.41) is 0.695. The van der Waals surface area contributed by atoms with E-state index in [1.54, 1.807) is 0 Å². The van der Waals surface area contributed by atoms with E-state index >= 15 is 0 Å². The van der Waals surface area contributed by atoms with Crippen molar-refractivity contribution in [3.05, 3.63) is 75.9 Å². The summed E-state index contributed by atoms with van der Waals surface area (Å²) in [4.78, 5) is 21.4. The number of halogens is 1. The predicted octanol–water partition coefficient (Wildman–Crippen LogP) is 5.63. The highest BCUT2D eigenvalue weighted by Crippen LogP contribution is 2.54. The van der Waals surface area contributed by atoms with E-state index in [4.69, 9.17) is 23.2 Å². The Morgan fingerprint density at radius 1 is 1.15 bits per heavy atom. The lowest BCUT2D eigenvalue weighted by Crippen LogP contribution is -2.51. The lowest BCUT2D eigenvalue weighted by molar-refractivity contribution is -0.128. The first-order valence-corrected chi connectivity index (χ1v) is 9.56. The number of fused-ring (bicyclic) bond motifs is 3. The molecule has 2 aliphatic rings. The molecular formula is C23H21ClN2O. The summed E-state index contributed by atoms with van der Waals surface area (Å²) < 4.78 is 0. The van der Waals surface area contributed by atoms with Crippen molar-refractivity contribution in [1.82, 2.24) is 4.98 Å². The smallest absolute Gasteiger partial charge is 0.226 e. The highest BCUT2D eigenvalue weighted by molar-refractivity contribution is 6.30. The minimum Gasteiger partial charge on any atom is -0.307 e. The molecule has 1 aromatic carbocycles. The van der Waals surface area contributed by atoms with E-state index in [1.807, 2.05) is 50.3 Å². The molecule has 0 spiro atoms. The van der Waals surface area contributed by atoms with E-state index in [1.165, 1.54) is 5.56 Å². The molecule has 0 fully saturated rings. The minimum atomic E-state index is -0.570. The fraction of sp³-hybridized carbons (Fsp3) is 0.348. The molecule has 4 heteroatoms. The molecule has 0 radical (unpaired) electrons. The van der Waals surface area contributed by atoms with Gasteiger partial charge in [-0.3, -0.25) is 4.98 Å². The Morgan fingerprint density at radius 3 is 2.52 bits per heavy atom. The van der Waals surface area contributed by atoms with Gasteiger partial charge in [0.05, 0.1) is 18.0 Å². The van der Waals surface area contributed by atoms with Crippen molar-refractivity contribution >= 4 is 17.4 Å². The number of pyridine rings is 1. The Balaban J connectivity index is 1.91. The number of hydrogen-bond acceptors (Lipinski definition) is 2. The van der Waals surface area contributed by atoms with E-state index in [9.17, 15) is 4.79 Å². The third kappa shape index (κ3) is 2.63. The van der Waals surface area contributed by atoms with Crippen LogP contribution in [-0.4, -0.2) is 10.8 Å². The van der Waals surface area contributed by atoms with Gasteiger partial charge in [0.25, 0.3) is 0 Å². The third-order valence-electron chi connectivity index (χ3n) is 6.30. The minimum absolute atomic E-state index is 0.0442. The standard InChI is InChI=1S/C23H21ClN2O/c1-22(2)19-12-8-15-7-11-17(14-5-9-16(24)10-6-14)26-20(15)23(19,3)13-18(25-4)21(22)27/h5-7,9-11,13,19H,8,12H2,1-3H3/t19-,23-/m0/s1. The molecule has 0 bridgehead atoms. The van der Waals surface area contributed by atoms with Crippen molar-refractivity contribution in [2.75, 3.05) is 0 Å². The SMILES string of the molecule is [C-]#[N+]C1=C[C@]2(C)c3nc(-c4ccc(Cl)cc4)ccc3CC[C@H]2C(C)(C)C1=O. The quantitative estimate of drug-likeness (QED) is 0.604. The summed E-state index contributed by atoms with van der Waals surface area (Å²) in [6.45, 7) is 13.6. The first-order valence-electron chi connectivity index (χ1n) is 9.19. The van der Waals surface area contributed by atoms with Crippen LogP contribution in [0.5, 0.6) is 0 Å². The summed E-state index contributed by atoms with van der Waals surface area (Å²) in [5.74, 6) is 0.0840. The van der Waals surface area contributed by atoms with E-state index in [2.05, 4.69) is 17.8 Å². The zero-order valence-electron chi connectivity index (χ0n) is 15.7. The van der Waals surface area contributed by atoms with Crippen LogP contribution < -0.4 is 0 Å². The van der Waals surface area contributed by atoms with Crippen molar-refractivity contribution in [3.8, 4) is 11.3 Å². The van der Waals surface area contributed by atoms with Gasteiger partial charge in [-0.15, -0.1) is 0 Å². The second kappa shape index (κ2) is 6.04. The Morgan fingerprint density at radius 2 is 1.85 bits per heavy atom. The second-order valence-electron chi connectivity index (χ2n) is 8.28. The molecule has 0 unspecified atom stereocenters. The van der Waals surface area contributed by atoms with Crippen LogP contribution in [0, 0.1) is 17.9 Å². The molecule has 136 valence electrons. The van der Waals surface area contributed by atoms with Crippen molar-refractivity contribution in [2.24, 2.45) is 11.3 Å². The number of rotatable bonds is 1. The van der Waals surface area contributed by atoms with Crippen molar-refractivity contribution in [1.29, 1.82) is 0 Å². The van der Waals surface area contributed by atoms with Gasteiger partial charge in [0, 0.05) is 21.4 Å². The van der Waals surface area contributed by atoms with E-state index < -0.39 is 10.8 Å². The average Bonchev–Trinajstić information content (AvgIpc) is 2.65. The molecule has 2 atom stereocenters. The molecule has 2 aliphatic carbocycles. The Labute approximate surface area is 164 Å². The number of hydrogen-bond donors (Lipinski definition) is 0. The van der Waals surface area contributed by atoms with Crippen LogP contribution in [0.1, 0.15) is 38.4 Å². The van der Waals surface area contributed by atoms with E-state index in [0.29, 0.717) is 5.02 Å². The number of benzene rings is 1. The molecule has 27 heavy (non-hydrogen) atoms. The molecule has 0 amide bonds. The number of allylic oxidation sites excluding steroid dienone is 2. The zero-order chi connectivity index (χ0) is 19.4. The van der Waals surface area contributed by atoms with E-state index in [-0.39, 0.29) is 17.4 Å². The van der Waals surface area contributed by atoms with Gasteiger partial charge < -0.3 is 4.79 Å². The number of aromatic nitrogens is 1. The van der Waals surface area contributed by atoms with Gasteiger partial charge in [-0.05, 0) is 42.5 Å². The average molecular weight is 377 g/mol. The van der Waals surface area contributed by atoms with Crippen LogP contribution in [0.2, 0.25) is 5.02 Å². The highest BCUT2D eigenvalue weighted by Gasteiger charge is 2.54. The fourth-order valence-electron chi connectivity index (χ4n) is 4.90. The maximum absolute atomic E-state index is 12.8. The molecular weight excluding hydrogens is 356 g/mol. The first-order chi connectivity index (χ1) is 12.8. The third-order valence-corrected chi connectivity index (χ3v) is 6.55. The molecule has 0 saturated heterocycles. The Hall–Kier alpha value is -2.44. The molecule has 0 saturated carbocycles. The molecule has 0 aliphatic heterocycles. The van der Waals surface area contributed by atoms with Crippen molar-refractivity contribution < 1.29 is 4.79 Å². The fourth-order valence-corrected chi connectivity index (χ4v) is 5.03. The van der Waals surface area contributed by atoms with Crippen LogP contribution in [0.15, 0.2) is 48.2 Å². The Kier molecular flexibility index (Phi) is 4.01. The van der Waals surface area contributed by atoms with Crippen molar-refractivity contribution in [3.63, 3.8) is 0 Å². The summed E-state index contributed by atoms with van der Waals surface area (Å²) in [7, 11) is 0. The van der Waals surface area contributed by atoms with Crippen LogP contribution in [0.4, 0.5) is 0 Å². The van der Waals surface area contributed by atoms with Gasteiger partial charge in [-0.2, -0.15) is 0 Å². The van der Waals surface area contributed by atoms with Gasteiger partial charge in [0.1, 0.15) is 0 Å². The summed E-state index contributed by atoms with van der Waals surface area (Å²) >= 11 is 6.02. The van der Waals surface area contributed by atoms with Crippen LogP contribution >= 0.6 is 11.6 Å². The maximum atomic E-state index is 12.8. The number of nitrogens with zero attached hydrogens (tertiary/aromatic N) is 2. The second-order valence-corrected chi connectivity index (χ2v) is 8.71. The van der Waals surface area contributed by atoms with Crippen LogP contribution in [0.25, 0.3) is 16.1 Å². The lowest BCUT2D eigenvalue weighted by Gasteiger charge is -2.50. The zero-order valence-corrected chi connectivity index (χ0v) is 16.5. The Bertz CT molecular complexity index is 1010. The van der Waals surface area contributed by atoms with Gasteiger partial charge in [0.2, 0.25) is 5.70 Å². The topological polar surface area (TPSA) is 34.3 Å². The predicted molar refractivity (Wildman–Crippen MR) is 107 cm³/mol. The van der Waals surface area contributed by atoms with Crippen LogP contribution in [0.3, 0.4) is 0 Å². The highest BCUT2D eigenvalue weighted by atomic mass is 35.5. The summed E-state index contributed by atoms with van der Waals surface area (Å²) in [6.07, 6.45) is 3.70. The van der Waals surface area contributed by atoms with Gasteiger partial charge in [-0.25, -0.2) is 4.85 Å².